The summed E-state index contributed by atoms with van der Waals surface area (Å²) in [5.41, 5.74) is 2.44. The maximum Gasteiger partial charge on any atom is 0.330 e. The van der Waals surface area contributed by atoms with Gasteiger partial charge in [-0.05, 0) is 44.4 Å². The molecular weight excluding hydrogens is 318 g/mol. The number of hydrogen-bond donors (Lipinski definition) is 0. The van der Waals surface area contributed by atoms with E-state index in [0.717, 1.165) is 18.7 Å². The number of carbonyl (C=O) groups excluding carboxylic acids is 1. The minimum atomic E-state index is -0.759. The normalized spacial score (nSPS) is 15.7. The lowest BCUT2D eigenvalue weighted by Crippen LogP contribution is -2.30. The third-order valence-electron chi connectivity index (χ3n) is 4.62. The number of piperidine rings is 1. The monoisotopic (exact) mass is 341 g/mol. The van der Waals surface area contributed by atoms with Crippen molar-refractivity contribution < 1.29 is 9.53 Å². The number of anilines is 1. The van der Waals surface area contributed by atoms with E-state index in [9.17, 15) is 9.59 Å². The highest BCUT2D eigenvalue weighted by Crippen LogP contribution is 2.24. The van der Waals surface area contributed by atoms with Gasteiger partial charge in [-0.2, -0.15) is 5.10 Å². The molecule has 0 radical (unpaired) electrons. The van der Waals surface area contributed by atoms with Gasteiger partial charge in [0.2, 0.25) is 0 Å². The summed E-state index contributed by atoms with van der Waals surface area (Å²) in [6.07, 6.45) is 3.78. The maximum absolute atomic E-state index is 12.0. The number of carbonyl (C=O) groups is 1. The highest BCUT2D eigenvalue weighted by Gasteiger charge is 2.18. The Morgan fingerprint density at radius 1 is 1.08 bits per heavy atom. The van der Waals surface area contributed by atoms with Gasteiger partial charge in [0.15, 0.2) is 6.04 Å². The summed E-state index contributed by atoms with van der Waals surface area (Å²) >= 11 is 0. The molecular formula is C19H23N3O3. The van der Waals surface area contributed by atoms with Crippen LogP contribution in [-0.4, -0.2) is 35.9 Å². The molecule has 1 aliphatic rings. The van der Waals surface area contributed by atoms with Crippen LogP contribution in [0.1, 0.15) is 32.2 Å². The van der Waals surface area contributed by atoms with E-state index in [0.29, 0.717) is 5.69 Å². The molecule has 6 nitrogen and oxygen atoms in total. The molecule has 0 aliphatic carbocycles. The van der Waals surface area contributed by atoms with Crippen molar-refractivity contribution in [3.63, 3.8) is 0 Å². The van der Waals surface area contributed by atoms with Gasteiger partial charge in [-0.25, -0.2) is 9.48 Å². The Morgan fingerprint density at radius 3 is 2.40 bits per heavy atom. The molecule has 6 heteroatoms. The van der Waals surface area contributed by atoms with Gasteiger partial charge in [-0.15, -0.1) is 0 Å². The summed E-state index contributed by atoms with van der Waals surface area (Å²) in [5, 5.41) is 4.34. The average Bonchev–Trinajstić information content (AvgIpc) is 2.68. The van der Waals surface area contributed by atoms with Crippen LogP contribution in [-0.2, 0) is 9.53 Å². The average molecular weight is 341 g/mol. The Morgan fingerprint density at radius 2 is 1.76 bits per heavy atom. The lowest BCUT2D eigenvalue weighted by Gasteiger charge is -2.28. The van der Waals surface area contributed by atoms with Crippen LogP contribution in [0.15, 0.2) is 41.2 Å². The number of rotatable bonds is 4. The quantitative estimate of drug-likeness (QED) is 0.800. The van der Waals surface area contributed by atoms with Crippen LogP contribution in [0.5, 0.6) is 0 Å². The van der Waals surface area contributed by atoms with Crippen LogP contribution >= 0.6 is 0 Å². The van der Waals surface area contributed by atoms with E-state index in [-0.39, 0.29) is 5.56 Å². The lowest BCUT2D eigenvalue weighted by atomic mass is 10.1. The third-order valence-corrected chi connectivity index (χ3v) is 4.62. The number of nitrogens with zero attached hydrogens (tertiary/aromatic N) is 3. The first kappa shape index (κ1) is 17.2. The molecule has 1 fully saturated rings. The lowest BCUT2D eigenvalue weighted by molar-refractivity contribution is -0.144. The molecule has 1 aliphatic heterocycles. The fourth-order valence-corrected chi connectivity index (χ4v) is 3.12. The van der Waals surface area contributed by atoms with Gasteiger partial charge < -0.3 is 9.64 Å². The van der Waals surface area contributed by atoms with Gasteiger partial charge in [-0.1, -0.05) is 12.1 Å². The molecule has 2 heterocycles. The fraction of sp³-hybridized carbons (Fsp3) is 0.421. The van der Waals surface area contributed by atoms with Crippen molar-refractivity contribution in [1.29, 1.82) is 0 Å². The molecule has 132 valence electrons. The molecule has 1 aromatic heterocycles. The SMILES string of the molecule is COC(=O)[C@H](C)n1nc(-c2ccc(N3CCCCC3)cc2)ccc1=O. The minimum Gasteiger partial charge on any atom is -0.467 e. The van der Waals surface area contributed by atoms with E-state index >= 15 is 0 Å². The van der Waals surface area contributed by atoms with Crippen molar-refractivity contribution in [1.82, 2.24) is 9.78 Å². The van der Waals surface area contributed by atoms with Crippen molar-refractivity contribution in [2.75, 3.05) is 25.1 Å². The van der Waals surface area contributed by atoms with Gasteiger partial charge >= 0.3 is 5.97 Å². The van der Waals surface area contributed by atoms with Crippen LogP contribution in [0.3, 0.4) is 0 Å². The van der Waals surface area contributed by atoms with E-state index < -0.39 is 12.0 Å². The van der Waals surface area contributed by atoms with Crippen LogP contribution in [0, 0.1) is 0 Å². The number of methoxy groups -OCH3 is 1. The zero-order valence-corrected chi connectivity index (χ0v) is 14.6. The molecule has 1 saturated heterocycles. The molecule has 0 spiro atoms. The Balaban J connectivity index is 1.86. The summed E-state index contributed by atoms with van der Waals surface area (Å²) in [6, 6.07) is 10.5. The second-order valence-electron chi connectivity index (χ2n) is 6.30. The van der Waals surface area contributed by atoms with E-state index in [1.807, 2.05) is 12.1 Å². The van der Waals surface area contributed by atoms with Crippen molar-refractivity contribution in [2.45, 2.75) is 32.2 Å². The predicted octanol–water partition coefficient (Wildman–Crippen LogP) is 2.63. The molecule has 0 amide bonds. The third kappa shape index (κ3) is 3.73. The van der Waals surface area contributed by atoms with Crippen LogP contribution in [0.4, 0.5) is 5.69 Å². The second-order valence-corrected chi connectivity index (χ2v) is 6.30. The number of ether oxygens (including phenoxy) is 1. The van der Waals surface area contributed by atoms with Gasteiger partial charge in [0.05, 0.1) is 12.8 Å². The zero-order valence-electron chi connectivity index (χ0n) is 14.6. The van der Waals surface area contributed by atoms with Crippen molar-refractivity contribution in [3.8, 4) is 11.3 Å². The summed E-state index contributed by atoms with van der Waals surface area (Å²) < 4.78 is 5.87. The van der Waals surface area contributed by atoms with Crippen molar-refractivity contribution in [3.05, 3.63) is 46.8 Å². The Kier molecular flexibility index (Phi) is 5.16. The first-order valence-electron chi connectivity index (χ1n) is 8.63. The summed E-state index contributed by atoms with van der Waals surface area (Å²) in [6.45, 7) is 3.79. The summed E-state index contributed by atoms with van der Waals surface area (Å²) in [4.78, 5) is 26.1. The van der Waals surface area contributed by atoms with E-state index in [1.54, 1.807) is 13.0 Å². The molecule has 2 aromatic rings. The van der Waals surface area contributed by atoms with E-state index in [4.69, 9.17) is 4.74 Å². The number of hydrogen-bond acceptors (Lipinski definition) is 5. The van der Waals surface area contributed by atoms with E-state index in [2.05, 4.69) is 22.1 Å². The van der Waals surface area contributed by atoms with Gasteiger partial charge in [0, 0.05) is 30.4 Å². The second kappa shape index (κ2) is 7.51. The first-order chi connectivity index (χ1) is 12.1. The largest absolute Gasteiger partial charge is 0.467 e. The molecule has 0 bridgehead atoms. The highest BCUT2D eigenvalue weighted by atomic mass is 16.5. The molecule has 1 aromatic carbocycles. The number of aromatic nitrogens is 2. The standard InChI is InChI=1S/C19H23N3O3/c1-14(19(24)25-2)22-18(23)11-10-17(20-22)15-6-8-16(9-7-15)21-12-4-3-5-13-21/h6-11,14H,3-5,12-13H2,1-2H3/t14-/m0/s1. The predicted molar refractivity (Wildman–Crippen MR) is 96.7 cm³/mol. The van der Waals surface area contributed by atoms with Crippen molar-refractivity contribution >= 4 is 11.7 Å². The minimum absolute atomic E-state index is 0.327. The Labute approximate surface area is 147 Å². The molecule has 1 atom stereocenters. The molecule has 3 rings (SSSR count). The zero-order chi connectivity index (χ0) is 17.8. The van der Waals surface area contributed by atoms with Gasteiger partial charge in [0.1, 0.15) is 0 Å². The maximum atomic E-state index is 12.0. The van der Waals surface area contributed by atoms with E-state index in [1.165, 1.54) is 42.8 Å². The van der Waals surface area contributed by atoms with Crippen LogP contribution < -0.4 is 10.5 Å². The first-order valence-corrected chi connectivity index (χ1v) is 8.63. The molecule has 25 heavy (non-hydrogen) atoms. The fourth-order valence-electron chi connectivity index (χ4n) is 3.12. The van der Waals surface area contributed by atoms with Crippen LogP contribution in [0.25, 0.3) is 11.3 Å². The van der Waals surface area contributed by atoms with Crippen LogP contribution in [0.2, 0.25) is 0 Å². The number of esters is 1. The molecule has 0 saturated carbocycles. The number of benzene rings is 1. The van der Waals surface area contributed by atoms with Crippen molar-refractivity contribution in [2.24, 2.45) is 0 Å². The topological polar surface area (TPSA) is 64.4 Å². The Bertz CT molecular complexity index is 792. The van der Waals surface area contributed by atoms with Gasteiger partial charge in [0.25, 0.3) is 5.56 Å². The highest BCUT2D eigenvalue weighted by molar-refractivity contribution is 5.73. The molecule has 0 unspecified atom stereocenters. The summed E-state index contributed by atoms with van der Waals surface area (Å²) in [5.74, 6) is -0.493. The van der Waals surface area contributed by atoms with Gasteiger partial charge in [-0.3, -0.25) is 4.79 Å². The Hall–Kier alpha value is -2.63. The summed E-state index contributed by atoms with van der Waals surface area (Å²) in [7, 11) is 1.30. The molecule has 0 N–H and O–H groups in total. The smallest absolute Gasteiger partial charge is 0.330 e.